The third-order valence-corrected chi connectivity index (χ3v) is 4.10. The van der Waals surface area contributed by atoms with Gasteiger partial charge in [-0.3, -0.25) is 4.79 Å². The number of furan rings is 1. The molecule has 0 spiro atoms. The summed E-state index contributed by atoms with van der Waals surface area (Å²) >= 11 is 0. The Morgan fingerprint density at radius 3 is 2.71 bits per heavy atom. The molecule has 0 amide bonds. The Morgan fingerprint density at radius 2 is 1.83 bits per heavy atom. The maximum atomic E-state index is 12.3. The van der Waals surface area contributed by atoms with Crippen LogP contribution < -0.4 is 4.74 Å². The van der Waals surface area contributed by atoms with Crippen LogP contribution in [0.15, 0.2) is 71.3 Å². The molecule has 0 saturated heterocycles. The molecular weight excluding hydrogens is 300 g/mol. The average molecular weight is 316 g/mol. The van der Waals surface area contributed by atoms with E-state index in [0.29, 0.717) is 5.75 Å². The molecule has 24 heavy (non-hydrogen) atoms. The Labute approximate surface area is 139 Å². The van der Waals surface area contributed by atoms with E-state index in [1.807, 2.05) is 67.6 Å². The average Bonchev–Trinajstić information content (AvgIpc) is 2.97. The van der Waals surface area contributed by atoms with Crippen LogP contribution in [0.4, 0.5) is 0 Å². The maximum absolute atomic E-state index is 12.3. The summed E-state index contributed by atoms with van der Waals surface area (Å²) in [6.07, 6.45) is 1.81. The predicted octanol–water partition coefficient (Wildman–Crippen LogP) is 5.04. The van der Waals surface area contributed by atoms with Gasteiger partial charge in [-0.25, -0.2) is 0 Å². The molecule has 0 bridgehead atoms. The number of benzene rings is 3. The van der Waals surface area contributed by atoms with Gasteiger partial charge >= 0.3 is 5.97 Å². The van der Waals surface area contributed by atoms with Crippen LogP contribution >= 0.6 is 0 Å². The van der Waals surface area contributed by atoms with Crippen molar-refractivity contribution >= 4 is 27.7 Å². The highest BCUT2D eigenvalue weighted by atomic mass is 16.5. The highest BCUT2D eigenvalue weighted by Gasteiger charge is 2.12. The first-order valence-corrected chi connectivity index (χ1v) is 7.85. The minimum atomic E-state index is -0.297. The zero-order chi connectivity index (χ0) is 16.5. The number of ether oxygens (including phenoxy) is 1. The summed E-state index contributed by atoms with van der Waals surface area (Å²) in [6.45, 7) is 2.02. The minimum Gasteiger partial charge on any atom is -0.464 e. The molecule has 0 aliphatic heterocycles. The van der Waals surface area contributed by atoms with Crippen LogP contribution in [-0.4, -0.2) is 5.97 Å². The van der Waals surface area contributed by atoms with Crippen molar-refractivity contribution in [2.45, 2.75) is 13.3 Å². The summed E-state index contributed by atoms with van der Waals surface area (Å²) in [5.74, 6) is 0.261. The van der Waals surface area contributed by atoms with E-state index in [1.54, 1.807) is 6.26 Å². The first kappa shape index (κ1) is 14.5. The van der Waals surface area contributed by atoms with Crippen LogP contribution in [0.2, 0.25) is 0 Å². The number of hydrogen-bond acceptors (Lipinski definition) is 3. The lowest BCUT2D eigenvalue weighted by Gasteiger charge is -2.05. The van der Waals surface area contributed by atoms with Gasteiger partial charge in [0, 0.05) is 10.9 Å². The molecule has 0 atom stereocenters. The Kier molecular flexibility index (Phi) is 3.54. The lowest BCUT2D eigenvalue weighted by atomic mass is 10.1. The van der Waals surface area contributed by atoms with Crippen molar-refractivity contribution in [3.63, 3.8) is 0 Å². The molecule has 0 aliphatic rings. The molecule has 0 unspecified atom stereocenters. The fraction of sp³-hybridized carbons (Fsp3) is 0.0952. The molecule has 0 radical (unpaired) electrons. The van der Waals surface area contributed by atoms with E-state index in [0.717, 1.165) is 32.9 Å². The molecule has 3 heteroatoms. The maximum Gasteiger partial charge on any atom is 0.315 e. The molecule has 0 aliphatic carbocycles. The van der Waals surface area contributed by atoms with E-state index in [2.05, 4.69) is 0 Å². The monoisotopic (exact) mass is 316 g/mol. The van der Waals surface area contributed by atoms with Crippen LogP contribution in [-0.2, 0) is 11.2 Å². The van der Waals surface area contributed by atoms with E-state index >= 15 is 0 Å². The van der Waals surface area contributed by atoms with E-state index in [9.17, 15) is 4.79 Å². The zero-order valence-corrected chi connectivity index (χ0v) is 13.3. The number of esters is 1. The summed E-state index contributed by atoms with van der Waals surface area (Å²) in [5.41, 5.74) is 2.77. The van der Waals surface area contributed by atoms with Crippen molar-refractivity contribution in [3.8, 4) is 5.75 Å². The summed E-state index contributed by atoms with van der Waals surface area (Å²) in [5, 5.41) is 3.13. The summed E-state index contributed by atoms with van der Waals surface area (Å²) in [6, 6.07) is 19.6. The highest BCUT2D eigenvalue weighted by molar-refractivity contribution is 5.88. The van der Waals surface area contributed by atoms with Crippen molar-refractivity contribution in [3.05, 3.63) is 78.1 Å². The van der Waals surface area contributed by atoms with Crippen molar-refractivity contribution in [1.29, 1.82) is 0 Å². The van der Waals surface area contributed by atoms with Gasteiger partial charge in [-0.05, 0) is 42.0 Å². The van der Waals surface area contributed by atoms with Crippen LogP contribution in [0, 0.1) is 6.92 Å². The Balaban J connectivity index is 1.55. The van der Waals surface area contributed by atoms with Crippen LogP contribution in [0.3, 0.4) is 0 Å². The standard InChI is InChI=1S/C21H16O3/c1-14-6-9-20-19(10-14)17(13-23-20)12-21(22)24-18-8-7-15-4-2-3-5-16(15)11-18/h2-11,13H,12H2,1H3. The van der Waals surface area contributed by atoms with Crippen LogP contribution in [0.1, 0.15) is 11.1 Å². The molecule has 3 nitrogen and oxygen atoms in total. The lowest BCUT2D eigenvalue weighted by Crippen LogP contribution is -2.10. The third-order valence-electron chi connectivity index (χ3n) is 4.10. The quantitative estimate of drug-likeness (QED) is 0.392. The van der Waals surface area contributed by atoms with Gasteiger partial charge in [0.15, 0.2) is 0 Å². The van der Waals surface area contributed by atoms with Gasteiger partial charge in [-0.2, -0.15) is 0 Å². The second-order valence-corrected chi connectivity index (χ2v) is 5.92. The van der Waals surface area contributed by atoms with Gasteiger partial charge in [0.25, 0.3) is 0 Å². The number of fused-ring (bicyclic) bond motifs is 2. The highest BCUT2D eigenvalue weighted by Crippen LogP contribution is 2.24. The molecule has 0 saturated carbocycles. The smallest absolute Gasteiger partial charge is 0.315 e. The predicted molar refractivity (Wildman–Crippen MR) is 94.2 cm³/mol. The van der Waals surface area contributed by atoms with Crippen LogP contribution in [0.5, 0.6) is 5.75 Å². The summed E-state index contributed by atoms with van der Waals surface area (Å²) < 4.78 is 11.0. The molecule has 4 rings (SSSR count). The zero-order valence-electron chi connectivity index (χ0n) is 13.3. The second kappa shape index (κ2) is 5.85. The molecule has 3 aromatic carbocycles. The largest absolute Gasteiger partial charge is 0.464 e. The summed E-state index contributed by atoms with van der Waals surface area (Å²) in [4.78, 5) is 12.3. The molecule has 4 aromatic rings. The number of carbonyl (C=O) groups is 1. The molecule has 0 N–H and O–H groups in total. The number of hydrogen-bond donors (Lipinski definition) is 0. The third kappa shape index (κ3) is 2.76. The normalized spacial score (nSPS) is 11.0. The fourth-order valence-electron chi connectivity index (χ4n) is 2.89. The molecule has 1 aromatic heterocycles. The van der Waals surface area contributed by atoms with Crippen molar-refractivity contribution in [1.82, 2.24) is 0 Å². The minimum absolute atomic E-state index is 0.184. The van der Waals surface area contributed by atoms with Crippen molar-refractivity contribution < 1.29 is 13.9 Å². The Bertz CT molecular complexity index is 1040. The van der Waals surface area contributed by atoms with E-state index in [1.165, 1.54) is 0 Å². The fourth-order valence-corrected chi connectivity index (χ4v) is 2.89. The second-order valence-electron chi connectivity index (χ2n) is 5.92. The summed E-state index contributed by atoms with van der Waals surface area (Å²) in [7, 11) is 0. The number of carbonyl (C=O) groups excluding carboxylic acids is 1. The van der Waals surface area contributed by atoms with Gasteiger partial charge < -0.3 is 9.15 Å². The van der Waals surface area contributed by atoms with Gasteiger partial charge in [0.1, 0.15) is 11.3 Å². The first-order chi connectivity index (χ1) is 11.7. The van der Waals surface area contributed by atoms with Crippen molar-refractivity contribution in [2.24, 2.45) is 0 Å². The molecule has 1 heterocycles. The van der Waals surface area contributed by atoms with Crippen molar-refractivity contribution in [2.75, 3.05) is 0 Å². The van der Waals surface area contributed by atoms with Gasteiger partial charge in [0.2, 0.25) is 0 Å². The number of aryl methyl sites for hydroxylation is 1. The van der Waals surface area contributed by atoms with Gasteiger partial charge in [0.05, 0.1) is 12.7 Å². The molecular formula is C21H16O3. The molecule has 0 fully saturated rings. The van der Waals surface area contributed by atoms with E-state index < -0.39 is 0 Å². The van der Waals surface area contributed by atoms with E-state index in [4.69, 9.17) is 9.15 Å². The molecule has 118 valence electrons. The SMILES string of the molecule is Cc1ccc2occ(CC(=O)Oc3ccc4ccccc4c3)c2c1. The van der Waals surface area contributed by atoms with E-state index in [-0.39, 0.29) is 12.4 Å². The lowest BCUT2D eigenvalue weighted by molar-refractivity contribution is -0.133. The first-order valence-electron chi connectivity index (χ1n) is 7.85. The van der Waals surface area contributed by atoms with Gasteiger partial charge in [-0.1, -0.05) is 42.0 Å². The van der Waals surface area contributed by atoms with Gasteiger partial charge in [-0.15, -0.1) is 0 Å². The Hall–Kier alpha value is -3.07. The van der Waals surface area contributed by atoms with Crippen LogP contribution in [0.25, 0.3) is 21.7 Å². The Morgan fingerprint density at radius 1 is 1.00 bits per heavy atom. The number of rotatable bonds is 3. The topological polar surface area (TPSA) is 39.4 Å².